The molecule has 96 valence electrons. The van der Waals surface area contributed by atoms with Crippen LogP contribution in [0.5, 0.6) is 0 Å². The van der Waals surface area contributed by atoms with Gasteiger partial charge in [0.05, 0.1) is 0 Å². The molecule has 0 spiro atoms. The lowest BCUT2D eigenvalue weighted by Gasteiger charge is -2.20. The molecule has 4 nitrogen and oxygen atoms in total. The Hall–Kier alpha value is -1.16. The molecule has 0 amide bonds. The minimum absolute atomic E-state index is 0.0481. The molecule has 1 aromatic rings. The van der Waals surface area contributed by atoms with Crippen molar-refractivity contribution >= 4 is 5.82 Å². The van der Waals surface area contributed by atoms with Crippen molar-refractivity contribution in [1.29, 1.82) is 0 Å². The Bertz CT molecular complexity index is 352. The van der Waals surface area contributed by atoms with Crippen LogP contribution in [-0.4, -0.2) is 24.1 Å². The molecule has 0 saturated heterocycles. The summed E-state index contributed by atoms with van der Waals surface area (Å²) in [6.07, 6.45) is 0.859. The molecule has 4 heteroatoms. The molecule has 0 radical (unpaired) electrons. The molecule has 1 heterocycles. The summed E-state index contributed by atoms with van der Waals surface area (Å²) in [7, 11) is 3.59. The fourth-order valence-corrected chi connectivity index (χ4v) is 1.97. The zero-order chi connectivity index (χ0) is 13.0. The summed E-state index contributed by atoms with van der Waals surface area (Å²) in [5.41, 5.74) is 2.21. The van der Waals surface area contributed by atoms with Gasteiger partial charge in [0.1, 0.15) is 11.9 Å². The Morgan fingerprint density at radius 1 is 1.29 bits per heavy atom. The zero-order valence-electron chi connectivity index (χ0n) is 11.7. The predicted octanol–water partition coefficient (Wildman–Crippen LogP) is 2.73. The number of methoxy groups -OCH3 is 1. The Morgan fingerprint density at radius 3 is 2.35 bits per heavy atom. The Labute approximate surface area is 104 Å². The highest BCUT2D eigenvalue weighted by atomic mass is 16.5. The normalized spacial score (nSPS) is 12.9. The average molecular weight is 237 g/mol. The molecule has 0 saturated carbocycles. The first kappa shape index (κ1) is 13.9. The van der Waals surface area contributed by atoms with Gasteiger partial charge in [0, 0.05) is 25.4 Å². The summed E-state index contributed by atoms with van der Waals surface area (Å²) in [5.74, 6) is 2.03. The Morgan fingerprint density at radius 2 is 1.94 bits per heavy atom. The summed E-state index contributed by atoms with van der Waals surface area (Å²) >= 11 is 0. The fraction of sp³-hybridized carbons (Fsp3) is 0.692. The molecule has 1 rings (SSSR count). The number of nitrogens with zero attached hydrogens (tertiary/aromatic N) is 2. The van der Waals surface area contributed by atoms with E-state index in [0.717, 1.165) is 29.3 Å². The summed E-state index contributed by atoms with van der Waals surface area (Å²) in [5, 5.41) is 3.12. The third-order valence-electron chi connectivity index (χ3n) is 2.95. The third-order valence-corrected chi connectivity index (χ3v) is 2.95. The van der Waals surface area contributed by atoms with Crippen molar-refractivity contribution in [2.75, 3.05) is 19.5 Å². The first-order valence-electron chi connectivity index (χ1n) is 6.13. The van der Waals surface area contributed by atoms with Gasteiger partial charge >= 0.3 is 0 Å². The zero-order valence-corrected chi connectivity index (χ0v) is 11.7. The second kappa shape index (κ2) is 5.96. The number of ether oxygens (including phenoxy) is 1. The highest BCUT2D eigenvalue weighted by Crippen LogP contribution is 2.25. The molecule has 1 aromatic heterocycles. The number of hydrogen-bond acceptors (Lipinski definition) is 4. The molecule has 0 fully saturated rings. The minimum Gasteiger partial charge on any atom is -0.373 e. The van der Waals surface area contributed by atoms with Crippen molar-refractivity contribution in [2.24, 2.45) is 5.92 Å². The highest BCUT2D eigenvalue weighted by Gasteiger charge is 2.20. The van der Waals surface area contributed by atoms with Crippen LogP contribution < -0.4 is 5.32 Å². The lowest BCUT2D eigenvalue weighted by atomic mass is 10.1. The smallest absolute Gasteiger partial charge is 0.159 e. The van der Waals surface area contributed by atoms with E-state index in [0.29, 0.717) is 5.92 Å². The van der Waals surface area contributed by atoms with E-state index in [-0.39, 0.29) is 6.10 Å². The second-order valence-electron chi connectivity index (χ2n) is 4.51. The molecule has 17 heavy (non-hydrogen) atoms. The van der Waals surface area contributed by atoms with E-state index in [1.807, 2.05) is 14.0 Å². The quantitative estimate of drug-likeness (QED) is 0.855. The van der Waals surface area contributed by atoms with Gasteiger partial charge in [-0.2, -0.15) is 0 Å². The van der Waals surface area contributed by atoms with Crippen LogP contribution in [-0.2, 0) is 11.2 Å². The van der Waals surface area contributed by atoms with Crippen molar-refractivity contribution in [3.05, 3.63) is 17.1 Å². The third kappa shape index (κ3) is 2.94. The first-order valence-corrected chi connectivity index (χ1v) is 6.13. The molecule has 0 aromatic carbocycles. The number of anilines is 1. The number of rotatable bonds is 5. The lowest BCUT2D eigenvalue weighted by Crippen LogP contribution is -2.16. The van der Waals surface area contributed by atoms with E-state index in [1.165, 1.54) is 0 Å². The number of aryl methyl sites for hydroxylation is 1. The predicted molar refractivity (Wildman–Crippen MR) is 70.3 cm³/mol. The molecular weight excluding hydrogens is 214 g/mol. The van der Waals surface area contributed by atoms with Crippen LogP contribution in [0.15, 0.2) is 0 Å². The van der Waals surface area contributed by atoms with Crippen LogP contribution in [0.1, 0.15) is 44.0 Å². The van der Waals surface area contributed by atoms with Crippen molar-refractivity contribution in [3.63, 3.8) is 0 Å². The summed E-state index contributed by atoms with van der Waals surface area (Å²) in [6, 6.07) is 0. The standard InChI is InChI=1S/C13H23N3O/c1-7-10-9(4)12(14-5)16-13(15-10)11(17-6)8(2)3/h8,11H,7H2,1-6H3,(H,14,15,16). The Kier molecular flexibility index (Phi) is 4.87. The van der Waals surface area contributed by atoms with Gasteiger partial charge in [0.15, 0.2) is 5.82 Å². The summed E-state index contributed by atoms with van der Waals surface area (Å²) < 4.78 is 5.48. The molecular formula is C13H23N3O. The van der Waals surface area contributed by atoms with Gasteiger partial charge in [0.25, 0.3) is 0 Å². The van der Waals surface area contributed by atoms with E-state index < -0.39 is 0 Å². The van der Waals surface area contributed by atoms with Crippen LogP contribution in [0, 0.1) is 12.8 Å². The van der Waals surface area contributed by atoms with E-state index in [4.69, 9.17) is 4.74 Å². The maximum absolute atomic E-state index is 5.48. The van der Waals surface area contributed by atoms with Crippen molar-refractivity contribution in [2.45, 2.75) is 40.2 Å². The largest absolute Gasteiger partial charge is 0.373 e. The van der Waals surface area contributed by atoms with Gasteiger partial charge in [-0.25, -0.2) is 9.97 Å². The molecule has 1 unspecified atom stereocenters. The highest BCUT2D eigenvalue weighted by molar-refractivity contribution is 5.45. The molecule has 0 bridgehead atoms. The fourth-order valence-electron chi connectivity index (χ4n) is 1.97. The molecule has 0 aliphatic carbocycles. The Balaban J connectivity index is 3.24. The lowest BCUT2D eigenvalue weighted by molar-refractivity contribution is 0.0574. The molecule has 0 aliphatic rings. The first-order chi connectivity index (χ1) is 8.04. The number of nitrogens with one attached hydrogen (secondary N) is 1. The molecule has 1 N–H and O–H groups in total. The maximum atomic E-state index is 5.48. The van der Waals surface area contributed by atoms with Crippen molar-refractivity contribution in [3.8, 4) is 0 Å². The van der Waals surface area contributed by atoms with E-state index >= 15 is 0 Å². The van der Waals surface area contributed by atoms with Crippen LogP contribution in [0.2, 0.25) is 0 Å². The average Bonchev–Trinajstić information content (AvgIpc) is 2.31. The van der Waals surface area contributed by atoms with Crippen LogP contribution in [0.25, 0.3) is 0 Å². The van der Waals surface area contributed by atoms with Gasteiger partial charge in [-0.05, 0) is 19.3 Å². The van der Waals surface area contributed by atoms with Gasteiger partial charge in [-0.1, -0.05) is 20.8 Å². The number of aromatic nitrogens is 2. The monoisotopic (exact) mass is 237 g/mol. The SMILES string of the molecule is CCc1nc(C(OC)C(C)C)nc(NC)c1C. The van der Waals surface area contributed by atoms with Gasteiger partial charge < -0.3 is 10.1 Å². The van der Waals surface area contributed by atoms with Gasteiger partial charge in [-0.3, -0.25) is 0 Å². The van der Waals surface area contributed by atoms with Crippen LogP contribution >= 0.6 is 0 Å². The molecule has 0 aliphatic heterocycles. The van der Waals surface area contributed by atoms with Gasteiger partial charge in [0.2, 0.25) is 0 Å². The van der Waals surface area contributed by atoms with E-state index in [1.54, 1.807) is 7.11 Å². The van der Waals surface area contributed by atoms with Crippen LogP contribution in [0.4, 0.5) is 5.82 Å². The van der Waals surface area contributed by atoms with Crippen molar-refractivity contribution in [1.82, 2.24) is 9.97 Å². The summed E-state index contributed by atoms with van der Waals surface area (Å²) in [6.45, 7) is 8.38. The maximum Gasteiger partial charge on any atom is 0.159 e. The van der Waals surface area contributed by atoms with E-state index in [2.05, 4.69) is 36.1 Å². The van der Waals surface area contributed by atoms with Crippen molar-refractivity contribution < 1.29 is 4.74 Å². The number of hydrogen-bond donors (Lipinski definition) is 1. The molecule has 1 atom stereocenters. The summed E-state index contributed by atoms with van der Waals surface area (Å²) in [4.78, 5) is 9.16. The topological polar surface area (TPSA) is 47.0 Å². The van der Waals surface area contributed by atoms with Gasteiger partial charge in [-0.15, -0.1) is 0 Å². The van der Waals surface area contributed by atoms with E-state index in [9.17, 15) is 0 Å². The van der Waals surface area contributed by atoms with Crippen LogP contribution in [0.3, 0.4) is 0 Å². The second-order valence-corrected chi connectivity index (χ2v) is 4.51. The minimum atomic E-state index is -0.0481.